The second-order valence-corrected chi connectivity index (χ2v) is 1.73. The van der Waals surface area contributed by atoms with Crippen molar-refractivity contribution in [3.63, 3.8) is 0 Å². The molecule has 0 saturated heterocycles. The van der Waals surface area contributed by atoms with E-state index in [0.717, 1.165) is 6.07 Å². The Bertz CT molecular complexity index is 288. The summed E-state index contributed by atoms with van der Waals surface area (Å²) in [5.41, 5.74) is 3.28. The summed E-state index contributed by atoms with van der Waals surface area (Å²) in [6.07, 6.45) is 0. The predicted molar refractivity (Wildman–Crippen MR) is 35.7 cm³/mol. The van der Waals surface area contributed by atoms with Gasteiger partial charge in [-0.15, -0.1) is 0 Å². The Kier molecular flexibility index (Phi) is 3.17. The molecule has 0 aromatic carbocycles. The van der Waals surface area contributed by atoms with Gasteiger partial charge in [-0.1, -0.05) is 0 Å². The summed E-state index contributed by atoms with van der Waals surface area (Å²) in [5, 5.41) is 27.9. The van der Waals surface area contributed by atoms with Crippen molar-refractivity contribution >= 4 is 0 Å². The first-order valence-corrected chi connectivity index (χ1v) is 2.64. The Morgan fingerprint density at radius 3 is 2.25 bits per heavy atom. The quantitative estimate of drug-likeness (QED) is 0.337. The molecule has 0 fully saturated rings. The van der Waals surface area contributed by atoms with Crippen molar-refractivity contribution in [1.82, 2.24) is 0 Å². The monoisotopic (exact) mass is 172 g/mol. The van der Waals surface area contributed by atoms with E-state index >= 15 is 0 Å². The standard InChI is InChI=1S/C4H4N4O4/c5-1-4(8(11)12)3(6)2-7(9)10/h2,6H2/b4-3-. The van der Waals surface area contributed by atoms with E-state index in [9.17, 15) is 20.2 Å². The first kappa shape index (κ1) is 9.83. The van der Waals surface area contributed by atoms with Crippen LogP contribution >= 0.6 is 0 Å². The van der Waals surface area contributed by atoms with E-state index in [1.54, 1.807) is 0 Å². The summed E-state index contributed by atoms with van der Waals surface area (Å²) in [6.45, 7) is -0.899. The lowest BCUT2D eigenvalue weighted by Crippen LogP contribution is -2.16. The molecular weight excluding hydrogens is 168 g/mol. The summed E-state index contributed by atoms with van der Waals surface area (Å²) in [4.78, 5) is 17.9. The Hall–Kier alpha value is -2.17. The number of rotatable bonds is 3. The highest BCUT2D eigenvalue weighted by Gasteiger charge is 2.18. The van der Waals surface area contributed by atoms with Gasteiger partial charge in [0.25, 0.3) is 0 Å². The molecule has 8 nitrogen and oxygen atoms in total. The van der Waals surface area contributed by atoms with Crippen molar-refractivity contribution in [2.24, 2.45) is 5.73 Å². The molecular formula is C4H4N4O4. The van der Waals surface area contributed by atoms with Gasteiger partial charge in [-0.2, -0.15) is 5.26 Å². The van der Waals surface area contributed by atoms with Gasteiger partial charge in [-0.25, -0.2) is 0 Å². The maximum absolute atomic E-state index is 9.98. The van der Waals surface area contributed by atoms with Gasteiger partial charge in [-0.05, 0) is 0 Å². The number of nitrogens with two attached hydrogens (primary N) is 1. The van der Waals surface area contributed by atoms with Crippen LogP contribution < -0.4 is 5.73 Å². The second kappa shape index (κ2) is 3.87. The van der Waals surface area contributed by atoms with Crippen molar-refractivity contribution in [2.45, 2.75) is 0 Å². The normalized spacial score (nSPS) is 11.2. The van der Waals surface area contributed by atoms with Crippen molar-refractivity contribution in [2.75, 3.05) is 6.54 Å². The topological polar surface area (TPSA) is 136 Å². The Balaban J connectivity index is 4.76. The second-order valence-electron chi connectivity index (χ2n) is 1.73. The molecule has 0 aliphatic carbocycles. The van der Waals surface area contributed by atoms with Crippen molar-refractivity contribution in [1.29, 1.82) is 5.26 Å². The van der Waals surface area contributed by atoms with E-state index < -0.39 is 27.8 Å². The van der Waals surface area contributed by atoms with Crippen LogP contribution in [0.25, 0.3) is 0 Å². The first-order valence-electron chi connectivity index (χ1n) is 2.64. The minimum Gasteiger partial charge on any atom is -0.390 e. The third kappa shape index (κ3) is 2.61. The molecule has 12 heavy (non-hydrogen) atoms. The van der Waals surface area contributed by atoms with E-state index in [4.69, 9.17) is 11.0 Å². The number of hydrogen-bond acceptors (Lipinski definition) is 6. The van der Waals surface area contributed by atoms with Crippen LogP contribution in [0.4, 0.5) is 0 Å². The highest BCUT2D eigenvalue weighted by molar-refractivity contribution is 5.18. The van der Waals surface area contributed by atoms with Crippen LogP contribution in [0.5, 0.6) is 0 Å². The molecule has 0 aromatic heterocycles. The summed E-state index contributed by atoms with van der Waals surface area (Å²) >= 11 is 0. The average molecular weight is 172 g/mol. The van der Waals surface area contributed by atoms with E-state index in [1.807, 2.05) is 0 Å². The van der Waals surface area contributed by atoms with Crippen LogP contribution in [0.3, 0.4) is 0 Å². The molecule has 0 heterocycles. The van der Waals surface area contributed by atoms with Crippen LogP contribution in [0.1, 0.15) is 0 Å². The third-order valence-electron chi connectivity index (χ3n) is 0.892. The lowest BCUT2D eigenvalue weighted by molar-refractivity contribution is -0.475. The molecule has 0 aliphatic heterocycles. The molecule has 0 rings (SSSR count). The highest BCUT2D eigenvalue weighted by Crippen LogP contribution is 1.98. The number of nitrogens with zero attached hydrogens (tertiary/aromatic N) is 3. The average Bonchev–Trinajstić information content (AvgIpc) is 1.85. The zero-order chi connectivity index (χ0) is 9.72. The molecule has 8 heteroatoms. The van der Waals surface area contributed by atoms with Gasteiger partial charge < -0.3 is 5.73 Å². The van der Waals surface area contributed by atoms with Crippen LogP contribution in [0.15, 0.2) is 11.4 Å². The molecule has 0 bridgehead atoms. The van der Waals surface area contributed by atoms with Crippen LogP contribution in [-0.2, 0) is 0 Å². The Morgan fingerprint density at radius 1 is 1.50 bits per heavy atom. The van der Waals surface area contributed by atoms with Crippen molar-refractivity contribution in [3.8, 4) is 6.07 Å². The summed E-state index contributed by atoms with van der Waals surface area (Å²) < 4.78 is 0. The molecule has 0 spiro atoms. The maximum Gasteiger partial charge on any atom is 0.370 e. The largest absolute Gasteiger partial charge is 0.390 e. The van der Waals surface area contributed by atoms with Crippen LogP contribution in [0.2, 0.25) is 0 Å². The lowest BCUT2D eigenvalue weighted by Gasteiger charge is -1.91. The Labute approximate surface area is 66.2 Å². The zero-order valence-electron chi connectivity index (χ0n) is 5.76. The number of nitriles is 1. The van der Waals surface area contributed by atoms with Gasteiger partial charge in [0.1, 0.15) is 0 Å². The molecule has 64 valence electrons. The van der Waals surface area contributed by atoms with E-state index in [2.05, 4.69) is 0 Å². The van der Waals surface area contributed by atoms with Gasteiger partial charge in [0.05, 0.1) is 4.92 Å². The zero-order valence-corrected chi connectivity index (χ0v) is 5.76. The Morgan fingerprint density at radius 2 is 2.00 bits per heavy atom. The van der Waals surface area contributed by atoms with E-state index in [-0.39, 0.29) is 0 Å². The fourth-order valence-corrected chi connectivity index (χ4v) is 0.444. The molecule has 0 unspecified atom stereocenters. The van der Waals surface area contributed by atoms with Crippen molar-refractivity contribution < 1.29 is 9.85 Å². The van der Waals surface area contributed by atoms with Gasteiger partial charge in [0.15, 0.2) is 11.8 Å². The van der Waals surface area contributed by atoms with Gasteiger partial charge in [-0.3, -0.25) is 20.2 Å². The minimum atomic E-state index is -1.06. The molecule has 0 aromatic rings. The third-order valence-corrected chi connectivity index (χ3v) is 0.892. The van der Waals surface area contributed by atoms with Crippen LogP contribution in [-0.4, -0.2) is 16.4 Å². The fourth-order valence-electron chi connectivity index (χ4n) is 0.444. The van der Waals surface area contributed by atoms with Crippen molar-refractivity contribution in [3.05, 3.63) is 31.6 Å². The highest BCUT2D eigenvalue weighted by atomic mass is 16.6. The van der Waals surface area contributed by atoms with E-state index in [0.29, 0.717) is 0 Å². The first-order chi connectivity index (χ1) is 5.49. The maximum atomic E-state index is 9.98. The molecule has 2 N–H and O–H groups in total. The molecule has 0 radical (unpaired) electrons. The summed E-state index contributed by atoms with van der Waals surface area (Å²) in [7, 11) is 0. The molecule has 0 atom stereocenters. The fraction of sp³-hybridized carbons (Fsp3) is 0.250. The lowest BCUT2D eigenvalue weighted by atomic mass is 10.3. The molecule has 0 amide bonds. The summed E-state index contributed by atoms with van der Waals surface area (Å²) in [5.74, 6) is 0. The number of nitro groups is 2. The van der Waals surface area contributed by atoms with Gasteiger partial charge in [0.2, 0.25) is 6.54 Å². The SMILES string of the molecule is N#C/C(=C(/N)C[N+](=O)[O-])[N+](=O)[O-]. The number of hydrogen-bond donors (Lipinski definition) is 1. The minimum absolute atomic E-state index is 0.646. The molecule has 0 saturated carbocycles. The number of allylic oxidation sites excluding steroid dienone is 1. The van der Waals surface area contributed by atoms with Gasteiger partial charge >= 0.3 is 5.70 Å². The smallest absolute Gasteiger partial charge is 0.370 e. The van der Waals surface area contributed by atoms with E-state index in [1.165, 1.54) is 0 Å². The predicted octanol–water partition coefficient (Wildman–Crippen LogP) is -0.766. The summed E-state index contributed by atoms with van der Waals surface area (Å²) in [6, 6.07) is 1.16. The molecule has 0 aliphatic rings. The van der Waals surface area contributed by atoms with Crippen LogP contribution in [0, 0.1) is 31.6 Å². The van der Waals surface area contributed by atoms with Gasteiger partial charge in [0, 0.05) is 4.92 Å².